The van der Waals surface area contributed by atoms with Gasteiger partial charge in [0.2, 0.25) is 5.91 Å². The maximum Gasteiger partial charge on any atom is 0.223 e. The number of fused-ring (bicyclic) bond motifs is 1. The first kappa shape index (κ1) is 13.3. The summed E-state index contributed by atoms with van der Waals surface area (Å²) in [6, 6.07) is 0. The van der Waals surface area contributed by atoms with E-state index in [1.165, 1.54) is 4.88 Å². The Morgan fingerprint density at radius 1 is 1.40 bits per heavy atom. The molecule has 1 fully saturated rings. The summed E-state index contributed by atoms with van der Waals surface area (Å²) in [6.07, 6.45) is 0.620. The van der Waals surface area contributed by atoms with Crippen LogP contribution in [0.4, 0.5) is 5.82 Å². The maximum atomic E-state index is 11.8. The molecular formula is C14H18N4OS. The number of anilines is 1. The third-order valence-electron chi connectivity index (χ3n) is 3.84. The van der Waals surface area contributed by atoms with Crippen LogP contribution in [0.3, 0.4) is 0 Å². The summed E-state index contributed by atoms with van der Waals surface area (Å²) in [7, 11) is 0. The SMILES string of the molecule is Cc1sc2nc(CN3CC(C)CC3=O)nc(N)c2c1C. The van der Waals surface area contributed by atoms with E-state index < -0.39 is 0 Å². The summed E-state index contributed by atoms with van der Waals surface area (Å²) in [4.78, 5) is 24.7. The first-order valence-corrected chi connectivity index (χ1v) is 7.57. The number of nitrogens with two attached hydrogens (primary N) is 1. The number of carbonyl (C=O) groups is 1. The van der Waals surface area contributed by atoms with Crippen LogP contribution in [0.2, 0.25) is 0 Å². The van der Waals surface area contributed by atoms with Crippen LogP contribution in [0.1, 0.15) is 29.6 Å². The number of aryl methyl sites for hydroxylation is 2. The monoisotopic (exact) mass is 290 g/mol. The summed E-state index contributed by atoms with van der Waals surface area (Å²) < 4.78 is 0. The number of nitrogens with zero attached hydrogens (tertiary/aromatic N) is 3. The van der Waals surface area contributed by atoms with Crippen molar-refractivity contribution >= 4 is 33.3 Å². The molecule has 0 aliphatic carbocycles. The molecule has 0 spiro atoms. The van der Waals surface area contributed by atoms with Gasteiger partial charge in [0, 0.05) is 17.8 Å². The van der Waals surface area contributed by atoms with Gasteiger partial charge in [-0.25, -0.2) is 9.97 Å². The first-order valence-electron chi connectivity index (χ1n) is 6.75. The van der Waals surface area contributed by atoms with Gasteiger partial charge in [0.05, 0.1) is 11.9 Å². The van der Waals surface area contributed by atoms with Gasteiger partial charge in [-0.2, -0.15) is 0 Å². The molecule has 0 bridgehead atoms. The molecule has 0 radical (unpaired) electrons. The molecule has 2 aromatic heterocycles. The fraction of sp³-hybridized carbons (Fsp3) is 0.500. The Balaban J connectivity index is 1.95. The quantitative estimate of drug-likeness (QED) is 0.921. The largest absolute Gasteiger partial charge is 0.383 e. The highest BCUT2D eigenvalue weighted by Gasteiger charge is 2.27. The van der Waals surface area contributed by atoms with E-state index in [-0.39, 0.29) is 5.91 Å². The molecule has 0 saturated carbocycles. The van der Waals surface area contributed by atoms with E-state index in [0.717, 1.165) is 22.3 Å². The molecule has 1 saturated heterocycles. The summed E-state index contributed by atoms with van der Waals surface area (Å²) in [5.41, 5.74) is 7.21. The molecule has 20 heavy (non-hydrogen) atoms. The van der Waals surface area contributed by atoms with Crippen molar-refractivity contribution in [1.29, 1.82) is 0 Å². The Morgan fingerprint density at radius 3 is 2.80 bits per heavy atom. The number of hydrogen-bond acceptors (Lipinski definition) is 5. The van der Waals surface area contributed by atoms with Crippen molar-refractivity contribution in [3.8, 4) is 0 Å². The molecule has 1 aliphatic rings. The number of aromatic nitrogens is 2. The van der Waals surface area contributed by atoms with Crippen molar-refractivity contribution in [2.45, 2.75) is 33.7 Å². The lowest BCUT2D eigenvalue weighted by Crippen LogP contribution is -2.25. The molecule has 2 N–H and O–H groups in total. The van der Waals surface area contributed by atoms with E-state index in [1.54, 1.807) is 11.3 Å². The van der Waals surface area contributed by atoms with E-state index in [1.807, 2.05) is 11.8 Å². The summed E-state index contributed by atoms with van der Waals surface area (Å²) in [5, 5.41) is 0.956. The Bertz CT molecular complexity index is 694. The lowest BCUT2D eigenvalue weighted by atomic mass is 10.2. The number of likely N-dealkylation sites (tertiary alicyclic amines) is 1. The van der Waals surface area contributed by atoms with Gasteiger partial charge in [-0.1, -0.05) is 6.92 Å². The van der Waals surface area contributed by atoms with Crippen LogP contribution in [0.25, 0.3) is 10.2 Å². The third kappa shape index (κ3) is 2.14. The van der Waals surface area contributed by atoms with Crippen molar-refractivity contribution < 1.29 is 4.79 Å². The van der Waals surface area contributed by atoms with Gasteiger partial charge < -0.3 is 10.6 Å². The molecule has 5 nitrogen and oxygen atoms in total. The standard InChI is InChI=1S/C14H18N4OS/c1-7-4-11(19)18(5-7)6-10-16-13(15)12-8(2)9(3)20-14(12)17-10/h7H,4-6H2,1-3H3,(H2,15,16,17). The highest BCUT2D eigenvalue weighted by molar-refractivity contribution is 7.18. The minimum absolute atomic E-state index is 0.179. The number of rotatable bonds is 2. The van der Waals surface area contributed by atoms with Crippen molar-refractivity contribution in [1.82, 2.24) is 14.9 Å². The third-order valence-corrected chi connectivity index (χ3v) is 4.94. The smallest absolute Gasteiger partial charge is 0.223 e. The van der Waals surface area contributed by atoms with Crippen molar-refractivity contribution in [2.75, 3.05) is 12.3 Å². The normalized spacial score (nSPS) is 19.2. The van der Waals surface area contributed by atoms with Gasteiger partial charge in [-0.15, -0.1) is 11.3 Å². The second-order valence-corrected chi connectivity index (χ2v) is 6.78. The highest BCUT2D eigenvalue weighted by atomic mass is 32.1. The number of amides is 1. The van der Waals surface area contributed by atoms with E-state index in [4.69, 9.17) is 5.73 Å². The molecule has 3 rings (SSSR count). The number of carbonyl (C=O) groups excluding carboxylic acids is 1. The molecule has 1 aliphatic heterocycles. The van der Waals surface area contributed by atoms with Crippen LogP contribution in [-0.2, 0) is 11.3 Å². The van der Waals surface area contributed by atoms with Gasteiger partial charge in [0.1, 0.15) is 10.6 Å². The van der Waals surface area contributed by atoms with Gasteiger partial charge in [-0.05, 0) is 25.3 Å². The Hall–Kier alpha value is -1.69. The molecule has 106 valence electrons. The fourth-order valence-corrected chi connectivity index (χ4v) is 3.75. The van der Waals surface area contributed by atoms with E-state index in [0.29, 0.717) is 30.5 Å². The van der Waals surface area contributed by atoms with E-state index >= 15 is 0 Å². The van der Waals surface area contributed by atoms with Gasteiger partial charge in [-0.3, -0.25) is 4.79 Å². The molecule has 1 unspecified atom stereocenters. The zero-order valence-corrected chi connectivity index (χ0v) is 12.8. The molecular weight excluding hydrogens is 272 g/mol. The highest BCUT2D eigenvalue weighted by Crippen LogP contribution is 2.32. The molecule has 1 atom stereocenters. The average Bonchev–Trinajstić information content (AvgIpc) is 2.80. The van der Waals surface area contributed by atoms with Crippen LogP contribution >= 0.6 is 11.3 Å². The van der Waals surface area contributed by atoms with Gasteiger partial charge >= 0.3 is 0 Å². The Labute approximate surface area is 121 Å². The van der Waals surface area contributed by atoms with Crippen LogP contribution in [-0.4, -0.2) is 27.3 Å². The average molecular weight is 290 g/mol. The van der Waals surface area contributed by atoms with Crippen LogP contribution in [0, 0.1) is 19.8 Å². The first-order chi connectivity index (χ1) is 9.45. The zero-order valence-electron chi connectivity index (χ0n) is 11.9. The zero-order chi connectivity index (χ0) is 14.4. The van der Waals surface area contributed by atoms with E-state index in [2.05, 4.69) is 23.8 Å². The summed E-state index contributed by atoms with van der Waals surface area (Å²) in [5.74, 6) is 1.75. The topological polar surface area (TPSA) is 72.1 Å². The maximum absolute atomic E-state index is 11.8. The summed E-state index contributed by atoms with van der Waals surface area (Å²) >= 11 is 1.63. The van der Waals surface area contributed by atoms with Crippen LogP contribution in [0.5, 0.6) is 0 Å². The molecule has 2 aromatic rings. The second kappa shape index (κ2) is 4.70. The molecule has 3 heterocycles. The summed E-state index contributed by atoms with van der Waals surface area (Å²) in [6.45, 7) is 7.43. The van der Waals surface area contributed by atoms with Crippen molar-refractivity contribution in [2.24, 2.45) is 5.92 Å². The Morgan fingerprint density at radius 2 is 2.15 bits per heavy atom. The van der Waals surface area contributed by atoms with Gasteiger partial charge in [0.15, 0.2) is 5.82 Å². The van der Waals surface area contributed by atoms with Gasteiger partial charge in [0.25, 0.3) is 0 Å². The lowest BCUT2D eigenvalue weighted by Gasteiger charge is -2.15. The predicted octanol–water partition coefficient (Wildman–Crippen LogP) is 2.26. The molecule has 0 aromatic carbocycles. The fourth-order valence-electron chi connectivity index (χ4n) is 2.69. The predicted molar refractivity (Wildman–Crippen MR) is 80.5 cm³/mol. The molecule has 6 heteroatoms. The Kier molecular flexibility index (Phi) is 3.12. The van der Waals surface area contributed by atoms with Crippen LogP contribution in [0.15, 0.2) is 0 Å². The second-order valence-electron chi connectivity index (χ2n) is 5.57. The molecule has 1 amide bonds. The number of hydrogen-bond donors (Lipinski definition) is 1. The van der Waals surface area contributed by atoms with Crippen molar-refractivity contribution in [3.63, 3.8) is 0 Å². The number of thiophene rings is 1. The minimum Gasteiger partial charge on any atom is -0.383 e. The van der Waals surface area contributed by atoms with Crippen LogP contribution < -0.4 is 5.73 Å². The van der Waals surface area contributed by atoms with Crippen molar-refractivity contribution in [3.05, 3.63) is 16.3 Å². The lowest BCUT2D eigenvalue weighted by molar-refractivity contribution is -0.128. The minimum atomic E-state index is 0.179. The van der Waals surface area contributed by atoms with E-state index in [9.17, 15) is 4.79 Å². The number of nitrogen functional groups attached to an aromatic ring is 1.